The van der Waals surface area contributed by atoms with Gasteiger partial charge < -0.3 is 10.0 Å². The number of benzene rings is 1. The van der Waals surface area contributed by atoms with Gasteiger partial charge in [0.15, 0.2) is 0 Å². The zero-order chi connectivity index (χ0) is 11.7. The van der Waals surface area contributed by atoms with Crippen LogP contribution in [-0.4, -0.2) is 24.2 Å². The molecule has 1 saturated heterocycles. The van der Waals surface area contributed by atoms with E-state index in [0.717, 1.165) is 0 Å². The van der Waals surface area contributed by atoms with Crippen molar-refractivity contribution in [3.63, 3.8) is 0 Å². The minimum atomic E-state index is -0.795. The molecule has 16 heavy (non-hydrogen) atoms. The summed E-state index contributed by atoms with van der Waals surface area (Å²) in [5, 5.41) is 8.94. The summed E-state index contributed by atoms with van der Waals surface area (Å²) in [5.74, 6) is -1.63. The van der Waals surface area contributed by atoms with Crippen molar-refractivity contribution >= 4 is 23.3 Å². The first-order chi connectivity index (χ1) is 7.58. The Morgan fingerprint density at radius 1 is 1.56 bits per heavy atom. The summed E-state index contributed by atoms with van der Waals surface area (Å²) in [5.41, 5.74) is 0.686. The van der Waals surface area contributed by atoms with E-state index in [-0.39, 0.29) is 10.9 Å². The first-order valence-corrected chi connectivity index (χ1v) is 5.38. The maximum Gasteiger partial charge on any atom is 0.308 e. The third kappa shape index (κ3) is 2.11. The average Bonchev–Trinajstić information content (AvgIpc) is 2.71. The lowest BCUT2D eigenvalue weighted by Crippen LogP contribution is -2.22. The number of rotatable bonds is 2. The van der Waals surface area contributed by atoms with Gasteiger partial charge in [-0.05, 0) is 24.6 Å². The number of carboxylic acid groups (broad SMARTS) is 1. The van der Waals surface area contributed by atoms with Crippen molar-refractivity contribution in [3.05, 3.63) is 29.0 Å². The summed E-state index contributed by atoms with van der Waals surface area (Å²) in [6.45, 7) is 1.06. The molecule has 0 aliphatic carbocycles. The predicted octanol–water partition coefficient (Wildman–Crippen LogP) is 2.39. The van der Waals surface area contributed by atoms with Crippen LogP contribution in [0, 0.1) is 11.7 Å². The second-order valence-corrected chi connectivity index (χ2v) is 4.28. The third-order valence-electron chi connectivity index (χ3n) is 2.81. The summed E-state index contributed by atoms with van der Waals surface area (Å²) in [7, 11) is 0. The summed E-state index contributed by atoms with van der Waals surface area (Å²) < 4.78 is 13.2. The monoisotopic (exact) mass is 243 g/mol. The molecule has 0 amide bonds. The first kappa shape index (κ1) is 11.2. The van der Waals surface area contributed by atoms with Crippen LogP contribution in [0.4, 0.5) is 10.1 Å². The number of halogens is 2. The molecule has 1 atom stereocenters. The SMILES string of the molecule is O=C(O)C1CCN(c2ccc(Cl)c(F)c2)C1. The van der Waals surface area contributed by atoms with E-state index in [1.165, 1.54) is 12.1 Å². The maximum absolute atomic E-state index is 13.2. The minimum Gasteiger partial charge on any atom is -0.481 e. The van der Waals surface area contributed by atoms with Gasteiger partial charge in [0.2, 0.25) is 0 Å². The highest BCUT2D eigenvalue weighted by Gasteiger charge is 2.28. The molecule has 0 saturated carbocycles. The zero-order valence-corrected chi connectivity index (χ0v) is 9.25. The first-order valence-electron chi connectivity index (χ1n) is 5.00. The van der Waals surface area contributed by atoms with Crippen LogP contribution in [-0.2, 0) is 4.79 Å². The number of aliphatic carboxylic acids is 1. The van der Waals surface area contributed by atoms with Crippen molar-refractivity contribution in [1.29, 1.82) is 0 Å². The lowest BCUT2D eigenvalue weighted by atomic mass is 10.1. The summed E-state index contributed by atoms with van der Waals surface area (Å²) >= 11 is 5.58. The topological polar surface area (TPSA) is 40.5 Å². The molecule has 0 radical (unpaired) electrons. The average molecular weight is 244 g/mol. The van der Waals surface area contributed by atoms with Gasteiger partial charge >= 0.3 is 5.97 Å². The van der Waals surface area contributed by atoms with Crippen molar-refractivity contribution in [2.45, 2.75) is 6.42 Å². The molecular weight excluding hydrogens is 233 g/mol. The highest BCUT2D eigenvalue weighted by molar-refractivity contribution is 6.30. The zero-order valence-electron chi connectivity index (χ0n) is 8.49. The highest BCUT2D eigenvalue weighted by Crippen LogP contribution is 2.27. The van der Waals surface area contributed by atoms with Crippen molar-refractivity contribution in [2.75, 3.05) is 18.0 Å². The fourth-order valence-electron chi connectivity index (χ4n) is 1.88. The van der Waals surface area contributed by atoms with Crippen LogP contribution in [0.2, 0.25) is 5.02 Å². The Bertz CT molecular complexity index is 424. The fourth-order valence-corrected chi connectivity index (χ4v) is 2.00. The smallest absolute Gasteiger partial charge is 0.308 e. The molecule has 1 fully saturated rings. The second-order valence-electron chi connectivity index (χ2n) is 3.87. The van der Waals surface area contributed by atoms with E-state index < -0.39 is 11.8 Å². The number of hydrogen-bond donors (Lipinski definition) is 1. The molecule has 1 aliphatic heterocycles. The Morgan fingerprint density at radius 2 is 2.31 bits per heavy atom. The molecule has 2 rings (SSSR count). The van der Waals surface area contributed by atoms with Gasteiger partial charge in [0.05, 0.1) is 10.9 Å². The van der Waals surface area contributed by atoms with Crippen molar-refractivity contribution in [3.8, 4) is 0 Å². The summed E-state index contributed by atoms with van der Waals surface area (Å²) in [4.78, 5) is 12.6. The standard InChI is InChI=1S/C11H11ClFNO2/c12-9-2-1-8(5-10(9)13)14-4-3-7(6-14)11(15)16/h1-2,5,7H,3-4,6H2,(H,15,16). The van der Waals surface area contributed by atoms with Gasteiger partial charge in [-0.2, -0.15) is 0 Å². The number of anilines is 1. The molecule has 0 bridgehead atoms. The van der Waals surface area contributed by atoms with Crippen LogP contribution in [0.25, 0.3) is 0 Å². The van der Waals surface area contributed by atoms with Crippen LogP contribution in [0.15, 0.2) is 18.2 Å². The molecule has 0 aromatic heterocycles. The molecule has 1 aromatic rings. The minimum absolute atomic E-state index is 0.0812. The van der Waals surface area contributed by atoms with E-state index in [0.29, 0.717) is 25.2 Å². The largest absolute Gasteiger partial charge is 0.481 e. The Labute approximate surface area is 97.4 Å². The molecule has 1 unspecified atom stereocenters. The van der Waals surface area contributed by atoms with Gasteiger partial charge in [-0.1, -0.05) is 11.6 Å². The molecule has 86 valence electrons. The Kier molecular flexibility index (Phi) is 3.01. The lowest BCUT2D eigenvalue weighted by Gasteiger charge is -2.18. The van der Waals surface area contributed by atoms with E-state index in [4.69, 9.17) is 16.7 Å². The van der Waals surface area contributed by atoms with Gasteiger partial charge in [0.25, 0.3) is 0 Å². The van der Waals surface area contributed by atoms with Crippen LogP contribution in [0.3, 0.4) is 0 Å². The van der Waals surface area contributed by atoms with E-state index in [9.17, 15) is 9.18 Å². The van der Waals surface area contributed by atoms with Crippen LogP contribution in [0.5, 0.6) is 0 Å². The van der Waals surface area contributed by atoms with Crippen molar-refractivity contribution in [1.82, 2.24) is 0 Å². The van der Waals surface area contributed by atoms with Gasteiger partial charge in [0.1, 0.15) is 5.82 Å². The quantitative estimate of drug-likeness (QED) is 0.867. The normalized spacial score (nSPS) is 20.1. The van der Waals surface area contributed by atoms with E-state index in [1.54, 1.807) is 6.07 Å². The fraction of sp³-hybridized carbons (Fsp3) is 0.364. The second kappa shape index (κ2) is 4.29. The molecule has 0 spiro atoms. The molecule has 5 heteroatoms. The number of hydrogen-bond acceptors (Lipinski definition) is 2. The molecule has 1 N–H and O–H groups in total. The Morgan fingerprint density at radius 3 is 2.88 bits per heavy atom. The highest BCUT2D eigenvalue weighted by atomic mass is 35.5. The third-order valence-corrected chi connectivity index (χ3v) is 3.11. The van der Waals surface area contributed by atoms with Crippen LogP contribution >= 0.6 is 11.6 Å². The molecule has 1 heterocycles. The van der Waals surface area contributed by atoms with Crippen LogP contribution in [0.1, 0.15) is 6.42 Å². The van der Waals surface area contributed by atoms with Gasteiger partial charge in [0, 0.05) is 18.8 Å². The van der Waals surface area contributed by atoms with E-state index in [1.807, 2.05) is 4.90 Å². The van der Waals surface area contributed by atoms with E-state index >= 15 is 0 Å². The molecule has 3 nitrogen and oxygen atoms in total. The van der Waals surface area contributed by atoms with Gasteiger partial charge in [-0.25, -0.2) is 4.39 Å². The maximum atomic E-state index is 13.2. The predicted molar refractivity (Wildman–Crippen MR) is 59.4 cm³/mol. The summed E-state index contributed by atoms with van der Waals surface area (Å²) in [6.07, 6.45) is 0.597. The van der Waals surface area contributed by atoms with Crippen molar-refractivity contribution in [2.24, 2.45) is 5.92 Å². The van der Waals surface area contributed by atoms with Crippen LogP contribution < -0.4 is 4.90 Å². The van der Waals surface area contributed by atoms with Gasteiger partial charge in [-0.3, -0.25) is 4.79 Å². The lowest BCUT2D eigenvalue weighted by molar-refractivity contribution is -0.140. The van der Waals surface area contributed by atoms with E-state index in [2.05, 4.69) is 0 Å². The Hall–Kier alpha value is -1.29. The molecule has 1 aliphatic rings. The van der Waals surface area contributed by atoms with Crippen molar-refractivity contribution < 1.29 is 14.3 Å². The number of carbonyl (C=O) groups is 1. The van der Waals surface area contributed by atoms with Gasteiger partial charge in [-0.15, -0.1) is 0 Å². The summed E-state index contributed by atoms with van der Waals surface area (Å²) in [6, 6.07) is 4.53. The number of nitrogens with zero attached hydrogens (tertiary/aromatic N) is 1. The molecular formula is C11H11ClFNO2. The Balaban J connectivity index is 2.14. The molecule has 1 aromatic carbocycles. The number of carboxylic acids is 1.